The number of halogens is 1. The summed E-state index contributed by atoms with van der Waals surface area (Å²) in [5, 5.41) is 5.73. The quantitative estimate of drug-likeness (QED) is 0.175. The van der Waals surface area contributed by atoms with Crippen molar-refractivity contribution in [1.82, 2.24) is 4.98 Å². The fourth-order valence-electron chi connectivity index (χ4n) is 7.50. The highest BCUT2D eigenvalue weighted by Crippen LogP contribution is 2.44. The Morgan fingerprint density at radius 1 is 0.962 bits per heavy atom. The zero-order valence-corrected chi connectivity index (χ0v) is 30.1. The molecule has 3 aromatic carbocycles. The van der Waals surface area contributed by atoms with E-state index in [1.807, 2.05) is 43.3 Å². The molecule has 5 heterocycles. The van der Waals surface area contributed by atoms with Gasteiger partial charge in [0.15, 0.2) is 0 Å². The van der Waals surface area contributed by atoms with Crippen LogP contribution in [-0.4, -0.2) is 55.6 Å². The predicted octanol–water partition coefficient (Wildman–Crippen LogP) is 8.22. The number of carbonyl (C=O) groups excluding carboxylic acids is 3. The summed E-state index contributed by atoms with van der Waals surface area (Å²) in [6.07, 6.45) is 5.86. The number of hydrogen-bond donors (Lipinski definition) is 2. The average Bonchev–Trinajstić information content (AvgIpc) is 3.53. The second kappa shape index (κ2) is 14.1. The second-order valence-corrected chi connectivity index (χ2v) is 15.0. The van der Waals surface area contributed by atoms with Crippen LogP contribution in [0, 0.1) is 18.2 Å². The van der Waals surface area contributed by atoms with E-state index >= 15 is 0 Å². The first-order chi connectivity index (χ1) is 25.7. The smallest absolute Gasteiger partial charge is 0.265 e. The number of aryl methyl sites for hydroxylation is 1. The first-order valence-corrected chi connectivity index (χ1v) is 18.5. The standard InChI is InChI=1S/C42H38FN5O4S/c1-3-27-7-6-9-33(43)36(27)46-40(50)35-22-29-15-18-48(34-10-5-4-8-31(34)37(29)53-35)41(51)28-11-13-30(14-12-28)45-39(49)32-21-26(2)23-44-38(32)47-24-42(25-47)16-19-52-20-17-42/h3-14,21-23H,1,15-20,24-25H2,2H3,(H,45,49)(H,46,50). The summed E-state index contributed by atoms with van der Waals surface area (Å²) in [6, 6.07) is 22.8. The number of hydrogen-bond acceptors (Lipinski definition) is 7. The minimum atomic E-state index is -0.535. The summed E-state index contributed by atoms with van der Waals surface area (Å²) >= 11 is 1.32. The van der Waals surface area contributed by atoms with Crippen molar-refractivity contribution in [2.45, 2.75) is 26.2 Å². The Kier molecular flexibility index (Phi) is 9.13. The lowest BCUT2D eigenvalue weighted by molar-refractivity contribution is -0.000511. The predicted molar refractivity (Wildman–Crippen MR) is 208 cm³/mol. The number of fused-ring (bicyclic) bond motifs is 3. The molecule has 8 rings (SSSR count). The molecule has 3 amide bonds. The molecule has 3 aliphatic heterocycles. The number of amides is 3. The summed E-state index contributed by atoms with van der Waals surface area (Å²) in [6.45, 7) is 9.32. The molecule has 0 aliphatic carbocycles. The van der Waals surface area contributed by atoms with Crippen molar-refractivity contribution < 1.29 is 23.5 Å². The number of nitrogens with zero attached hydrogens (tertiary/aromatic N) is 3. The molecule has 0 radical (unpaired) electrons. The zero-order chi connectivity index (χ0) is 36.7. The highest BCUT2D eigenvalue weighted by Gasteiger charge is 2.45. The number of carbonyl (C=O) groups is 3. The van der Waals surface area contributed by atoms with E-state index in [1.54, 1.807) is 47.5 Å². The van der Waals surface area contributed by atoms with Gasteiger partial charge in [-0.05, 0) is 85.8 Å². The molecule has 9 nitrogen and oxygen atoms in total. The van der Waals surface area contributed by atoms with Crippen LogP contribution in [0.4, 0.5) is 27.3 Å². The molecule has 0 saturated carbocycles. The lowest BCUT2D eigenvalue weighted by Crippen LogP contribution is -2.59. The van der Waals surface area contributed by atoms with Crippen molar-refractivity contribution >= 4 is 58.0 Å². The van der Waals surface area contributed by atoms with E-state index in [2.05, 4.69) is 27.1 Å². The monoisotopic (exact) mass is 727 g/mol. The molecule has 0 bridgehead atoms. The molecule has 2 fully saturated rings. The number of pyridine rings is 1. The Balaban J connectivity index is 0.977. The number of ether oxygens (including phenoxy) is 1. The minimum absolute atomic E-state index is 0.0889. The molecule has 2 N–H and O–H groups in total. The molecule has 0 unspecified atom stereocenters. The van der Waals surface area contributed by atoms with Crippen LogP contribution < -0.4 is 20.4 Å². The molecule has 2 aromatic heterocycles. The van der Waals surface area contributed by atoms with Crippen LogP contribution in [0.1, 0.15) is 59.9 Å². The molecule has 268 valence electrons. The largest absolute Gasteiger partial charge is 0.381 e. The fraction of sp³-hybridized carbons (Fsp3) is 0.238. The number of rotatable bonds is 7. The van der Waals surface area contributed by atoms with Crippen molar-refractivity contribution in [2.75, 3.05) is 53.3 Å². The van der Waals surface area contributed by atoms with Crippen LogP contribution in [0.5, 0.6) is 0 Å². The first kappa shape index (κ1) is 34.4. The molecule has 11 heteroatoms. The van der Waals surface area contributed by atoms with Gasteiger partial charge in [0.05, 0.1) is 21.8 Å². The van der Waals surface area contributed by atoms with Crippen LogP contribution in [0.15, 0.2) is 91.6 Å². The minimum Gasteiger partial charge on any atom is -0.381 e. The highest BCUT2D eigenvalue weighted by molar-refractivity contribution is 7.17. The molecule has 53 heavy (non-hydrogen) atoms. The molecular formula is C42H38FN5O4S. The third-order valence-electron chi connectivity index (χ3n) is 10.4. The Hall–Kier alpha value is -5.65. The van der Waals surface area contributed by atoms with Crippen LogP contribution in [0.2, 0.25) is 0 Å². The molecule has 1 spiro atoms. The summed E-state index contributed by atoms with van der Waals surface area (Å²) in [5.74, 6) is -0.686. The van der Waals surface area contributed by atoms with Crippen molar-refractivity contribution in [3.05, 3.63) is 130 Å². The van der Waals surface area contributed by atoms with Crippen molar-refractivity contribution in [1.29, 1.82) is 0 Å². The topological polar surface area (TPSA) is 104 Å². The number of nitrogens with one attached hydrogen (secondary N) is 2. The summed E-state index contributed by atoms with van der Waals surface area (Å²) in [7, 11) is 0. The molecule has 0 atom stereocenters. The van der Waals surface area contributed by atoms with Gasteiger partial charge in [0.1, 0.15) is 11.6 Å². The van der Waals surface area contributed by atoms with E-state index in [0.717, 1.165) is 66.4 Å². The van der Waals surface area contributed by atoms with Gasteiger partial charge in [0.25, 0.3) is 17.7 Å². The maximum Gasteiger partial charge on any atom is 0.265 e. The van der Waals surface area contributed by atoms with Crippen LogP contribution >= 0.6 is 11.3 Å². The lowest BCUT2D eigenvalue weighted by Gasteiger charge is -2.53. The normalized spacial score (nSPS) is 15.8. The van der Waals surface area contributed by atoms with Gasteiger partial charge in [-0.2, -0.15) is 0 Å². The maximum absolute atomic E-state index is 14.6. The molecule has 5 aromatic rings. The second-order valence-electron chi connectivity index (χ2n) is 13.9. The van der Waals surface area contributed by atoms with E-state index in [9.17, 15) is 18.8 Å². The summed E-state index contributed by atoms with van der Waals surface area (Å²) < 4.78 is 20.2. The van der Waals surface area contributed by atoms with Crippen molar-refractivity contribution in [3.8, 4) is 10.4 Å². The lowest BCUT2D eigenvalue weighted by atomic mass is 9.73. The van der Waals surface area contributed by atoms with E-state index in [0.29, 0.717) is 46.0 Å². The maximum atomic E-state index is 14.6. The molecule has 2 saturated heterocycles. The Morgan fingerprint density at radius 2 is 1.74 bits per heavy atom. The van der Waals surface area contributed by atoms with E-state index in [4.69, 9.17) is 4.74 Å². The zero-order valence-electron chi connectivity index (χ0n) is 29.3. The first-order valence-electron chi connectivity index (χ1n) is 17.7. The van der Waals surface area contributed by atoms with Crippen molar-refractivity contribution in [2.24, 2.45) is 5.41 Å². The van der Waals surface area contributed by atoms with Gasteiger partial charge >= 0.3 is 0 Å². The average molecular weight is 728 g/mol. The summed E-state index contributed by atoms with van der Waals surface area (Å²) in [4.78, 5) is 50.9. The number of para-hydroxylation sites is 2. The number of benzene rings is 3. The van der Waals surface area contributed by atoms with Crippen LogP contribution in [-0.2, 0) is 11.2 Å². The Morgan fingerprint density at radius 3 is 2.51 bits per heavy atom. The van der Waals surface area contributed by atoms with Gasteiger partial charge < -0.3 is 25.2 Å². The van der Waals surface area contributed by atoms with Gasteiger partial charge in [-0.25, -0.2) is 9.37 Å². The van der Waals surface area contributed by atoms with Gasteiger partial charge in [0, 0.05) is 71.7 Å². The molecule has 3 aliphatic rings. The van der Waals surface area contributed by atoms with E-state index in [1.165, 1.54) is 23.5 Å². The fourth-order valence-corrected chi connectivity index (χ4v) is 8.64. The van der Waals surface area contributed by atoms with E-state index in [-0.39, 0.29) is 22.9 Å². The Labute approximate surface area is 311 Å². The molecular weight excluding hydrogens is 690 g/mol. The third kappa shape index (κ3) is 6.62. The number of aromatic nitrogens is 1. The van der Waals surface area contributed by atoms with Gasteiger partial charge in [0.2, 0.25) is 0 Å². The SMILES string of the molecule is C=Cc1cccc(F)c1NC(=O)c1cc2c(s1)-c1ccccc1N(C(=O)c1ccc(NC(=O)c3cc(C)cnc3N3CC4(CCOCC4)C3)cc1)CC2. The van der Waals surface area contributed by atoms with Gasteiger partial charge in [-0.1, -0.05) is 43.0 Å². The Bertz CT molecular complexity index is 2250. The third-order valence-corrected chi connectivity index (χ3v) is 11.6. The number of thiophene rings is 1. The number of anilines is 4. The highest BCUT2D eigenvalue weighted by atomic mass is 32.1. The van der Waals surface area contributed by atoms with Gasteiger partial charge in [-0.3, -0.25) is 14.4 Å². The van der Waals surface area contributed by atoms with E-state index < -0.39 is 11.7 Å². The van der Waals surface area contributed by atoms with Crippen LogP contribution in [0.3, 0.4) is 0 Å². The van der Waals surface area contributed by atoms with Gasteiger partial charge in [-0.15, -0.1) is 11.3 Å². The summed E-state index contributed by atoms with van der Waals surface area (Å²) in [5.41, 5.74) is 5.80. The van der Waals surface area contributed by atoms with Crippen LogP contribution in [0.25, 0.3) is 16.5 Å². The van der Waals surface area contributed by atoms with Crippen molar-refractivity contribution in [3.63, 3.8) is 0 Å².